The lowest BCUT2D eigenvalue weighted by Crippen LogP contribution is -2.16. The number of nitrogens with one attached hydrogen (secondary N) is 1. The zero-order valence-electron chi connectivity index (χ0n) is 19.6. The molecule has 0 atom stereocenters. The molecule has 0 aliphatic carbocycles. The molecule has 10 nitrogen and oxygen atoms in total. The van der Waals surface area contributed by atoms with Gasteiger partial charge in [0.25, 0.3) is 5.69 Å². The molecule has 0 bridgehead atoms. The van der Waals surface area contributed by atoms with Crippen LogP contribution in [0.2, 0.25) is 0 Å². The van der Waals surface area contributed by atoms with E-state index in [0.717, 1.165) is 5.39 Å². The van der Waals surface area contributed by atoms with E-state index in [9.17, 15) is 14.9 Å². The molecule has 0 aliphatic rings. The SMILES string of the molecule is CCOc1ccc2oc(C(=O)N/N=C/c3ccc(OCc4cccc([N+](=O)[O-])c4)c(OC)c3)cc2c1. The van der Waals surface area contributed by atoms with Crippen molar-refractivity contribution >= 4 is 28.8 Å². The molecule has 4 rings (SSSR count). The van der Waals surface area contributed by atoms with E-state index in [1.807, 2.05) is 6.92 Å². The van der Waals surface area contributed by atoms with Gasteiger partial charge in [0, 0.05) is 17.5 Å². The van der Waals surface area contributed by atoms with Crippen molar-refractivity contribution < 1.29 is 28.3 Å². The summed E-state index contributed by atoms with van der Waals surface area (Å²) in [6, 6.07) is 18.3. The molecule has 0 aliphatic heterocycles. The molecule has 4 aromatic rings. The number of furan rings is 1. The van der Waals surface area contributed by atoms with Crippen molar-refractivity contribution in [3.05, 3.63) is 93.7 Å². The Kier molecular flexibility index (Phi) is 7.45. The molecule has 1 amide bonds. The normalized spacial score (nSPS) is 10.9. The maximum Gasteiger partial charge on any atom is 0.307 e. The number of carbonyl (C=O) groups excluding carboxylic acids is 1. The third-order valence-electron chi connectivity index (χ3n) is 5.11. The number of hydrogen-bond donors (Lipinski definition) is 1. The van der Waals surface area contributed by atoms with E-state index in [1.54, 1.807) is 54.6 Å². The molecule has 0 fully saturated rings. The number of ether oxygens (including phenoxy) is 3. The van der Waals surface area contributed by atoms with Crippen molar-refractivity contribution in [2.24, 2.45) is 5.10 Å². The number of carbonyl (C=O) groups is 1. The van der Waals surface area contributed by atoms with Crippen LogP contribution in [0.5, 0.6) is 17.2 Å². The van der Waals surface area contributed by atoms with Gasteiger partial charge in [0.15, 0.2) is 17.3 Å². The molecule has 1 aromatic heterocycles. The molecular formula is C26H23N3O7. The first kappa shape index (κ1) is 24.3. The van der Waals surface area contributed by atoms with E-state index in [2.05, 4.69) is 10.5 Å². The lowest BCUT2D eigenvalue weighted by Gasteiger charge is -2.11. The lowest BCUT2D eigenvalue weighted by molar-refractivity contribution is -0.384. The number of methoxy groups -OCH3 is 1. The van der Waals surface area contributed by atoms with Gasteiger partial charge in [-0.1, -0.05) is 12.1 Å². The van der Waals surface area contributed by atoms with E-state index in [-0.39, 0.29) is 18.1 Å². The standard InChI is InChI=1S/C26H23N3O7/c1-3-34-21-8-10-22-19(13-21)14-25(36-22)26(30)28-27-15-17-7-9-23(24(12-17)33-2)35-16-18-5-4-6-20(11-18)29(31)32/h4-15H,3,16H2,1-2H3,(H,28,30)/b27-15+. The van der Waals surface area contributed by atoms with Gasteiger partial charge in [0.05, 0.1) is 24.9 Å². The van der Waals surface area contributed by atoms with E-state index in [0.29, 0.717) is 40.6 Å². The second-order valence-electron chi connectivity index (χ2n) is 7.57. The highest BCUT2D eigenvalue weighted by atomic mass is 16.6. The molecule has 3 aromatic carbocycles. The topological polar surface area (TPSA) is 125 Å². The van der Waals surface area contributed by atoms with Crippen LogP contribution in [0.1, 0.15) is 28.6 Å². The Labute approximate surface area is 206 Å². The molecule has 0 unspecified atom stereocenters. The molecule has 0 saturated heterocycles. The minimum Gasteiger partial charge on any atom is -0.494 e. The van der Waals surface area contributed by atoms with Gasteiger partial charge in [0.1, 0.15) is 17.9 Å². The molecule has 10 heteroatoms. The Hall–Kier alpha value is -4.86. The number of nitro benzene ring substituents is 1. The first-order valence-corrected chi connectivity index (χ1v) is 11.0. The molecule has 184 valence electrons. The first-order valence-electron chi connectivity index (χ1n) is 11.0. The van der Waals surface area contributed by atoms with Crippen LogP contribution < -0.4 is 19.6 Å². The van der Waals surface area contributed by atoms with Crippen molar-refractivity contribution in [2.75, 3.05) is 13.7 Å². The minimum absolute atomic E-state index is 0.00502. The van der Waals surface area contributed by atoms with Gasteiger partial charge in [-0.15, -0.1) is 0 Å². The van der Waals surface area contributed by atoms with Crippen molar-refractivity contribution in [3.63, 3.8) is 0 Å². The highest BCUT2D eigenvalue weighted by Gasteiger charge is 2.13. The first-order chi connectivity index (χ1) is 17.5. The third-order valence-corrected chi connectivity index (χ3v) is 5.11. The summed E-state index contributed by atoms with van der Waals surface area (Å²) in [6.07, 6.45) is 1.46. The number of benzene rings is 3. The Morgan fingerprint density at radius 2 is 1.94 bits per heavy atom. The van der Waals surface area contributed by atoms with Crippen molar-refractivity contribution in [1.82, 2.24) is 5.43 Å². The van der Waals surface area contributed by atoms with Crippen molar-refractivity contribution in [1.29, 1.82) is 0 Å². The van der Waals surface area contributed by atoms with Crippen LogP contribution in [0, 0.1) is 10.1 Å². The summed E-state index contributed by atoms with van der Waals surface area (Å²) in [7, 11) is 1.50. The summed E-state index contributed by atoms with van der Waals surface area (Å²) < 4.78 is 22.2. The van der Waals surface area contributed by atoms with Crippen LogP contribution in [0.15, 0.2) is 76.2 Å². The van der Waals surface area contributed by atoms with Gasteiger partial charge in [-0.2, -0.15) is 5.10 Å². The van der Waals surface area contributed by atoms with Crippen LogP contribution >= 0.6 is 0 Å². The third kappa shape index (κ3) is 5.79. The smallest absolute Gasteiger partial charge is 0.307 e. The van der Waals surface area contributed by atoms with E-state index in [1.165, 1.54) is 25.5 Å². The number of non-ortho nitro benzene ring substituents is 1. The van der Waals surface area contributed by atoms with Crippen molar-refractivity contribution in [2.45, 2.75) is 13.5 Å². The summed E-state index contributed by atoms with van der Waals surface area (Å²) in [5.74, 6) is 1.22. The highest BCUT2D eigenvalue weighted by molar-refractivity contribution is 5.96. The van der Waals surface area contributed by atoms with Gasteiger partial charge in [-0.25, -0.2) is 5.43 Å². The maximum atomic E-state index is 12.4. The number of nitrogens with zero attached hydrogens (tertiary/aromatic N) is 2. The predicted octanol–water partition coefficient (Wildman–Crippen LogP) is 5.09. The monoisotopic (exact) mass is 489 g/mol. The summed E-state index contributed by atoms with van der Waals surface area (Å²) in [5, 5.41) is 15.7. The van der Waals surface area contributed by atoms with Gasteiger partial charge in [0.2, 0.25) is 0 Å². The number of hydrazone groups is 1. The molecule has 36 heavy (non-hydrogen) atoms. The highest BCUT2D eigenvalue weighted by Crippen LogP contribution is 2.29. The quantitative estimate of drug-likeness (QED) is 0.187. The lowest BCUT2D eigenvalue weighted by atomic mass is 10.2. The Balaban J connectivity index is 1.39. The van der Waals surface area contributed by atoms with Gasteiger partial charge >= 0.3 is 5.91 Å². The fraction of sp³-hybridized carbons (Fsp3) is 0.154. The fourth-order valence-electron chi connectivity index (χ4n) is 3.41. The minimum atomic E-state index is -0.496. The van der Waals surface area contributed by atoms with Crippen LogP contribution in [-0.4, -0.2) is 30.8 Å². The number of nitro groups is 1. The maximum absolute atomic E-state index is 12.4. The number of hydrogen-bond acceptors (Lipinski definition) is 8. The zero-order valence-corrected chi connectivity index (χ0v) is 19.6. The van der Waals surface area contributed by atoms with E-state index < -0.39 is 10.8 Å². The predicted molar refractivity (Wildman–Crippen MR) is 133 cm³/mol. The van der Waals surface area contributed by atoms with Gasteiger partial charge in [-0.05, 0) is 60.5 Å². The summed E-state index contributed by atoms with van der Waals surface area (Å²) in [5.41, 5.74) is 4.31. The summed E-state index contributed by atoms with van der Waals surface area (Å²) >= 11 is 0. The number of fused-ring (bicyclic) bond motifs is 1. The average Bonchev–Trinajstić information content (AvgIpc) is 3.32. The Morgan fingerprint density at radius 1 is 1.08 bits per heavy atom. The second kappa shape index (κ2) is 11.0. The van der Waals surface area contributed by atoms with Crippen LogP contribution in [-0.2, 0) is 6.61 Å². The average molecular weight is 489 g/mol. The van der Waals surface area contributed by atoms with Crippen LogP contribution in [0.3, 0.4) is 0 Å². The number of amides is 1. The van der Waals surface area contributed by atoms with Gasteiger partial charge in [-0.3, -0.25) is 14.9 Å². The van der Waals surface area contributed by atoms with Crippen molar-refractivity contribution in [3.8, 4) is 17.2 Å². The molecule has 0 radical (unpaired) electrons. The zero-order chi connectivity index (χ0) is 25.5. The molecule has 1 heterocycles. The van der Waals surface area contributed by atoms with Crippen LogP contribution in [0.4, 0.5) is 5.69 Å². The molecule has 0 saturated carbocycles. The van der Waals surface area contributed by atoms with Crippen LogP contribution in [0.25, 0.3) is 11.0 Å². The summed E-state index contributed by atoms with van der Waals surface area (Å²) in [6.45, 7) is 2.57. The number of rotatable bonds is 10. The molecule has 0 spiro atoms. The Morgan fingerprint density at radius 3 is 2.72 bits per heavy atom. The fourth-order valence-corrected chi connectivity index (χ4v) is 3.41. The van der Waals surface area contributed by atoms with Gasteiger partial charge < -0.3 is 18.6 Å². The summed E-state index contributed by atoms with van der Waals surface area (Å²) in [4.78, 5) is 22.9. The molecular weight excluding hydrogens is 466 g/mol. The van der Waals surface area contributed by atoms with E-state index in [4.69, 9.17) is 18.6 Å². The second-order valence-corrected chi connectivity index (χ2v) is 7.57. The molecule has 1 N–H and O–H groups in total. The largest absolute Gasteiger partial charge is 0.494 e. The Bertz CT molecular complexity index is 1430. The van der Waals surface area contributed by atoms with E-state index >= 15 is 0 Å².